The van der Waals surface area contributed by atoms with Crippen LogP contribution in [0.4, 0.5) is 0 Å². The number of pyridine rings is 1. The second-order valence-corrected chi connectivity index (χ2v) is 9.25. The molecule has 2 heteroatoms. The van der Waals surface area contributed by atoms with Gasteiger partial charge in [0, 0.05) is 27.9 Å². The Morgan fingerprint density at radius 1 is 0.786 bits per heavy atom. The molecule has 2 aromatic heterocycles. The molecule has 0 radical (unpaired) electrons. The number of fused-ring (bicyclic) bond motifs is 2. The normalized spacial score (nSPS) is 15.0. The highest BCUT2D eigenvalue weighted by Gasteiger charge is 2.35. The molecule has 2 nitrogen and oxygen atoms in total. The van der Waals surface area contributed by atoms with Gasteiger partial charge in [-0.05, 0) is 40.2 Å². The molecular weight excluding hydrogens is 342 g/mol. The van der Waals surface area contributed by atoms with E-state index in [1.54, 1.807) is 0 Å². The third-order valence-electron chi connectivity index (χ3n) is 6.48. The summed E-state index contributed by atoms with van der Waals surface area (Å²) in [4.78, 5) is 4.84. The molecule has 0 saturated heterocycles. The molecule has 0 unspecified atom stereocenters. The van der Waals surface area contributed by atoms with Gasteiger partial charge in [-0.2, -0.15) is 0 Å². The van der Waals surface area contributed by atoms with Crippen molar-refractivity contribution in [1.82, 2.24) is 4.98 Å². The minimum Gasteiger partial charge on any atom is -0.455 e. The SMILES string of the molecule is CC(C)c1ccc2c3c1oc1c(C(C)C)ccc(c13)C(C)(C)c1cccnc1-2. The molecule has 1 aliphatic rings. The summed E-state index contributed by atoms with van der Waals surface area (Å²) in [6, 6.07) is 13.4. The van der Waals surface area contributed by atoms with Crippen molar-refractivity contribution < 1.29 is 4.42 Å². The summed E-state index contributed by atoms with van der Waals surface area (Å²) in [7, 11) is 0. The van der Waals surface area contributed by atoms with E-state index in [9.17, 15) is 0 Å². The molecule has 0 bridgehead atoms. The van der Waals surface area contributed by atoms with E-state index >= 15 is 0 Å². The van der Waals surface area contributed by atoms with Crippen molar-refractivity contribution in [2.75, 3.05) is 0 Å². The Morgan fingerprint density at radius 3 is 2.11 bits per heavy atom. The third-order valence-corrected chi connectivity index (χ3v) is 6.48. The zero-order valence-electron chi connectivity index (χ0n) is 17.6. The van der Waals surface area contributed by atoms with Crippen LogP contribution in [0.3, 0.4) is 0 Å². The van der Waals surface area contributed by atoms with E-state index < -0.39 is 0 Å². The fraction of sp³-hybridized carbons (Fsp3) is 0.346. The van der Waals surface area contributed by atoms with Crippen molar-refractivity contribution >= 4 is 21.9 Å². The Balaban J connectivity index is 2.10. The van der Waals surface area contributed by atoms with E-state index in [2.05, 4.69) is 77.9 Å². The summed E-state index contributed by atoms with van der Waals surface area (Å²) in [5, 5.41) is 2.52. The van der Waals surface area contributed by atoms with Crippen LogP contribution in [0.2, 0.25) is 0 Å². The minimum absolute atomic E-state index is 0.148. The fourth-order valence-electron chi connectivity index (χ4n) is 4.91. The minimum atomic E-state index is -0.148. The average Bonchev–Trinajstić information content (AvgIpc) is 3.02. The molecule has 4 aromatic rings. The Hall–Kier alpha value is -2.61. The molecule has 2 aromatic carbocycles. The zero-order chi connectivity index (χ0) is 19.8. The Labute approximate surface area is 166 Å². The number of rotatable bonds is 2. The lowest BCUT2D eigenvalue weighted by Gasteiger charge is -2.27. The van der Waals surface area contributed by atoms with Crippen molar-refractivity contribution in [2.45, 2.75) is 58.8 Å². The van der Waals surface area contributed by atoms with Crippen molar-refractivity contribution in [2.24, 2.45) is 0 Å². The first-order valence-corrected chi connectivity index (χ1v) is 10.3. The first-order chi connectivity index (χ1) is 13.3. The number of aromatic nitrogens is 1. The van der Waals surface area contributed by atoms with Gasteiger partial charge in [0.1, 0.15) is 11.2 Å². The third kappa shape index (κ3) is 2.12. The van der Waals surface area contributed by atoms with E-state index in [0.29, 0.717) is 11.8 Å². The van der Waals surface area contributed by atoms with Gasteiger partial charge in [-0.15, -0.1) is 0 Å². The molecule has 28 heavy (non-hydrogen) atoms. The van der Waals surface area contributed by atoms with Gasteiger partial charge in [0.2, 0.25) is 0 Å². The van der Waals surface area contributed by atoms with Gasteiger partial charge >= 0.3 is 0 Å². The summed E-state index contributed by atoms with van der Waals surface area (Å²) in [5.41, 5.74) is 9.38. The summed E-state index contributed by atoms with van der Waals surface area (Å²) >= 11 is 0. The Bertz CT molecular complexity index is 1240. The van der Waals surface area contributed by atoms with Crippen LogP contribution in [0, 0.1) is 0 Å². The predicted molar refractivity (Wildman–Crippen MR) is 117 cm³/mol. The van der Waals surface area contributed by atoms with E-state index in [4.69, 9.17) is 9.40 Å². The summed E-state index contributed by atoms with van der Waals surface area (Å²) in [6.07, 6.45) is 1.91. The molecule has 0 aliphatic heterocycles. The van der Waals surface area contributed by atoms with Crippen LogP contribution in [-0.4, -0.2) is 4.98 Å². The lowest BCUT2D eigenvalue weighted by Crippen LogP contribution is -2.20. The summed E-state index contributed by atoms with van der Waals surface area (Å²) in [6.45, 7) is 13.6. The lowest BCUT2D eigenvalue weighted by atomic mass is 9.76. The maximum Gasteiger partial charge on any atom is 0.139 e. The molecule has 0 N–H and O–H groups in total. The molecule has 142 valence electrons. The van der Waals surface area contributed by atoms with Crippen molar-refractivity contribution in [3.63, 3.8) is 0 Å². The monoisotopic (exact) mass is 369 g/mol. The number of benzene rings is 2. The molecular formula is C26H27NO. The quantitative estimate of drug-likeness (QED) is 0.365. The lowest BCUT2D eigenvalue weighted by molar-refractivity contribution is 0.632. The molecule has 0 amide bonds. The van der Waals surface area contributed by atoms with Crippen LogP contribution >= 0.6 is 0 Å². The average molecular weight is 370 g/mol. The smallest absolute Gasteiger partial charge is 0.139 e. The highest BCUT2D eigenvalue weighted by Crippen LogP contribution is 2.51. The predicted octanol–water partition coefficient (Wildman–Crippen LogP) is 7.53. The number of hydrogen-bond acceptors (Lipinski definition) is 2. The van der Waals surface area contributed by atoms with Crippen molar-refractivity contribution in [3.05, 3.63) is 64.8 Å². The fourth-order valence-corrected chi connectivity index (χ4v) is 4.91. The molecule has 5 rings (SSSR count). The van der Waals surface area contributed by atoms with Crippen LogP contribution in [0.1, 0.15) is 75.6 Å². The van der Waals surface area contributed by atoms with Crippen LogP contribution in [0.25, 0.3) is 33.2 Å². The van der Waals surface area contributed by atoms with E-state index in [-0.39, 0.29) is 5.41 Å². The van der Waals surface area contributed by atoms with Crippen molar-refractivity contribution in [3.8, 4) is 11.3 Å². The van der Waals surface area contributed by atoms with Crippen molar-refractivity contribution in [1.29, 1.82) is 0 Å². The van der Waals surface area contributed by atoms with Crippen LogP contribution in [0.15, 0.2) is 47.0 Å². The first-order valence-electron chi connectivity index (χ1n) is 10.3. The van der Waals surface area contributed by atoms with Gasteiger partial charge in [0.05, 0.1) is 5.69 Å². The second-order valence-electron chi connectivity index (χ2n) is 9.25. The van der Waals surface area contributed by atoms with E-state index in [1.807, 2.05) is 6.20 Å². The van der Waals surface area contributed by atoms with E-state index in [0.717, 1.165) is 16.9 Å². The van der Waals surface area contributed by atoms with Gasteiger partial charge in [0.15, 0.2) is 0 Å². The maximum absolute atomic E-state index is 6.68. The molecule has 1 aliphatic carbocycles. The largest absolute Gasteiger partial charge is 0.455 e. The second kappa shape index (κ2) is 5.70. The zero-order valence-corrected chi connectivity index (χ0v) is 17.6. The summed E-state index contributed by atoms with van der Waals surface area (Å²) < 4.78 is 6.68. The van der Waals surface area contributed by atoms with Crippen LogP contribution in [0.5, 0.6) is 0 Å². The number of nitrogens with zero attached hydrogens (tertiary/aromatic N) is 1. The molecule has 0 spiro atoms. The van der Waals surface area contributed by atoms with E-state index in [1.165, 1.54) is 38.6 Å². The van der Waals surface area contributed by atoms with Crippen LogP contribution < -0.4 is 0 Å². The molecule has 0 atom stereocenters. The molecule has 2 heterocycles. The number of hydrogen-bond donors (Lipinski definition) is 0. The van der Waals surface area contributed by atoms with Crippen LogP contribution in [-0.2, 0) is 5.41 Å². The van der Waals surface area contributed by atoms with Gasteiger partial charge in [-0.3, -0.25) is 4.98 Å². The van der Waals surface area contributed by atoms with Gasteiger partial charge < -0.3 is 4.42 Å². The highest BCUT2D eigenvalue weighted by molar-refractivity contribution is 6.16. The topological polar surface area (TPSA) is 26.0 Å². The van der Waals surface area contributed by atoms with Gasteiger partial charge in [-0.25, -0.2) is 0 Å². The standard InChI is InChI=1S/C26H27NO/c1-14(2)16-9-10-18-21-22-19(26(5,6)20-8-7-13-27-23(18)20)12-11-17(15(3)4)25(22)28-24(16)21/h7-15H,1-6H3. The number of furan rings is 1. The first kappa shape index (κ1) is 17.5. The maximum atomic E-state index is 6.68. The molecule has 0 saturated carbocycles. The van der Waals surface area contributed by atoms with Gasteiger partial charge in [-0.1, -0.05) is 71.9 Å². The Kier molecular flexibility index (Phi) is 3.56. The summed E-state index contributed by atoms with van der Waals surface area (Å²) in [5.74, 6) is 0.812. The highest BCUT2D eigenvalue weighted by atomic mass is 16.3. The van der Waals surface area contributed by atoms with Gasteiger partial charge in [0.25, 0.3) is 0 Å². The Morgan fingerprint density at radius 2 is 1.43 bits per heavy atom. The molecule has 0 fully saturated rings.